The first-order valence-electron chi connectivity index (χ1n) is 8.83. The molecular weight excluding hydrogens is 304 g/mol. The molecule has 2 amide bonds. The summed E-state index contributed by atoms with van der Waals surface area (Å²) >= 11 is 0. The van der Waals surface area contributed by atoms with Crippen molar-refractivity contribution in [1.29, 1.82) is 0 Å². The van der Waals surface area contributed by atoms with E-state index in [9.17, 15) is 4.79 Å². The average Bonchev–Trinajstić information content (AvgIpc) is 2.97. The summed E-state index contributed by atoms with van der Waals surface area (Å²) in [7, 11) is 0. The molecule has 6 heteroatoms. The number of amides is 2. The highest BCUT2D eigenvalue weighted by atomic mass is 16.5. The Labute approximate surface area is 142 Å². The molecule has 1 aliphatic rings. The van der Waals surface area contributed by atoms with Crippen LogP contribution in [-0.2, 0) is 17.7 Å². The number of rotatable bonds is 5. The summed E-state index contributed by atoms with van der Waals surface area (Å²) in [6.07, 6.45) is 2.93. The van der Waals surface area contributed by atoms with Crippen LogP contribution in [0.25, 0.3) is 11.0 Å². The number of hydrogen-bond donors (Lipinski definition) is 2. The molecule has 2 N–H and O–H groups in total. The molecule has 1 saturated heterocycles. The molecule has 0 unspecified atom stereocenters. The molecule has 1 aliphatic heterocycles. The van der Waals surface area contributed by atoms with E-state index in [-0.39, 0.29) is 6.03 Å². The number of imidazole rings is 1. The molecule has 1 aromatic heterocycles. The maximum atomic E-state index is 12.1. The maximum absolute atomic E-state index is 12.1. The second kappa shape index (κ2) is 7.66. The van der Waals surface area contributed by atoms with E-state index in [2.05, 4.69) is 34.0 Å². The van der Waals surface area contributed by atoms with Crippen LogP contribution < -0.4 is 10.6 Å². The highest BCUT2D eigenvalue weighted by Gasteiger charge is 2.15. The van der Waals surface area contributed by atoms with Crippen molar-refractivity contribution in [2.75, 3.05) is 25.1 Å². The van der Waals surface area contributed by atoms with Gasteiger partial charge in [-0.15, -0.1) is 0 Å². The molecule has 1 aromatic carbocycles. The number of anilines is 1. The van der Waals surface area contributed by atoms with E-state index in [0.29, 0.717) is 12.5 Å². The van der Waals surface area contributed by atoms with Gasteiger partial charge in [0.2, 0.25) is 0 Å². The third-order valence-corrected chi connectivity index (χ3v) is 4.61. The van der Waals surface area contributed by atoms with Gasteiger partial charge in [0.1, 0.15) is 5.82 Å². The molecule has 0 atom stereocenters. The van der Waals surface area contributed by atoms with Crippen LogP contribution >= 0.6 is 0 Å². The Hall–Kier alpha value is -2.08. The second-order valence-corrected chi connectivity index (χ2v) is 6.22. The molecule has 0 saturated carbocycles. The molecule has 0 aliphatic carbocycles. The van der Waals surface area contributed by atoms with E-state index < -0.39 is 0 Å². The Balaban J connectivity index is 1.63. The Morgan fingerprint density at radius 3 is 2.83 bits per heavy atom. The fraction of sp³-hybridized carbons (Fsp3) is 0.556. The normalized spacial score (nSPS) is 15.6. The number of aromatic nitrogens is 2. The lowest BCUT2D eigenvalue weighted by atomic mass is 10.0. The van der Waals surface area contributed by atoms with E-state index in [0.717, 1.165) is 61.6 Å². The summed E-state index contributed by atoms with van der Waals surface area (Å²) in [5, 5.41) is 5.86. The van der Waals surface area contributed by atoms with Crippen LogP contribution in [0.4, 0.5) is 10.5 Å². The molecule has 3 rings (SSSR count). The zero-order valence-corrected chi connectivity index (χ0v) is 14.5. The van der Waals surface area contributed by atoms with Crippen molar-refractivity contribution in [3.8, 4) is 0 Å². The molecule has 130 valence electrons. The maximum Gasteiger partial charge on any atom is 0.319 e. The molecule has 6 nitrogen and oxygen atoms in total. The first kappa shape index (κ1) is 16.8. The van der Waals surface area contributed by atoms with Crippen LogP contribution in [0.2, 0.25) is 0 Å². The Morgan fingerprint density at radius 1 is 1.33 bits per heavy atom. The van der Waals surface area contributed by atoms with Gasteiger partial charge in [0.25, 0.3) is 0 Å². The smallest absolute Gasteiger partial charge is 0.319 e. The van der Waals surface area contributed by atoms with Crippen LogP contribution in [-0.4, -0.2) is 35.3 Å². The average molecular weight is 330 g/mol. The molecule has 1 fully saturated rings. The van der Waals surface area contributed by atoms with Crippen molar-refractivity contribution >= 4 is 22.8 Å². The van der Waals surface area contributed by atoms with Gasteiger partial charge >= 0.3 is 6.03 Å². The number of carbonyl (C=O) groups excluding carboxylic acids is 1. The number of ether oxygens (including phenoxy) is 1. The number of fused-ring (bicyclic) bond motifs is 1. The van der Waals surface area contributed by atoms with Gasteiger partial charge in [-0.05, 0) is 43.9 Å². The van der Waals surface area contributed by atoms with Gasteiger partial charge in [0, 0.05) is 38.4 Å². The van der Waals surface area contributed by atoms with Crippen molar-refractivity contribution < 1.29 is 9.53 Å². The van der Waals surface area contributed by atoms with Gasteiger partial charge in [0.05, 0.1) is 11.0 Å². The Kier molecular flexibility index (Phi) is 5.35. The van der Waals surface area contributed by atoms with E-state index in [1.807, 2.05) is 18.2 Å². The number of hydrogen-bond acceptors (Lipinski definition) is 3. The second-order valence-electron chi connectivity index (χ2n) is 6.22. The molecule has 2 heterocycles. The van der Waals surface area contributed by atoms with E-state index in [1.54, 1.807) is 0 Å². The summed E-state index contributed by atoms with van der Waals surface area (Å²) in [5.41, 5.74) is 2.81. The van der Waals surface area contributed by atoms with E-state index in [1.165, 1.54) is 0 Å². The minimum absolute atomic E-state index is 0.161. The molecule has 0 bridgehead atoms. The van der Waals surface area contributed by atoms with Crippen molar-refractivity contribution in [2.45, 2.75) is 39.7 Å². The Bertz CT molecular complexity index is 704. The van der Waals surface area contributed by atoms with Crippen molar-refractivity contribution in [3.63, 3.8) is 0 Å². The summed E-state index contributed by atoms with van der Waals surface area (Å²) < 4.78 is 7.55. The summed E-state index contributed by atoms with van der Waals surface area (Å²) in [4.78, 5) is 16.8. The standard InChI is InChI=1S/C18H26N4O2/c1-3-17-21-15-11-14(5-6-16(15)22(17)4-2)20-18(23)19-12-13-7-9-24-10-8-13/h5-6,11,13H,3-4,7-10,12H2,1-2H3,(H2,19,20,23). The van der Waals surface area contributed by atoms with Gasteiger partial charge < -0.3 is 19.9 Å². The predicted molar refractivity (Wildman–Crippen MR) is 95.3 cm³/mol. The summed E-state index contributed by atoms with van der Waals surface area (Å²) in [6, 6.07) is 5.74. The van der Waals surface area contributed by atoms with Crippen LogP contribution in [0.5, 0.6) is 0 Å². The zero-order chi connectivity index (χ0) is 16.9. The number of benzene rings is 1. The number of nitrogens with zero attached hydrogens (tertiary/aromatic N) is 2. The third-order valence-electron chi connectivity index (χ3n) is 4.61. The first-order chi connectivity index (χ1) is 11.7. The highest BCUT2D eigenvalue weighted by Crippen LogP contribution is 2.21. The topological polar surface area (TPSA) is 68.2 Å². The number of aryl methyl sites for hydroxylation is 2. The van der Waals surface area contributed by atoms with Crippen molar-refractivity contribution in [1.82, 2.24) is 14.9 Å². The van der Waals surface area contributed by atoms with E-state index >= 15 is 0 Å². The highest BCUT2D eigenvalue weighted by molar-refractivity contribution is 5.92. The molecule has 0 radical (unpaired) electrons. The lowest BCUT2D eigenvalue weighted by molar-refractivity contribution is 0.0671. The first-order valence-corrected chi connectivity index (χ1v) is 8.83. The molecule has 2 aromatic rings. The Morgan fingerprint density at radius 2 is 2.12 bits per heavy atom. The summed E-state index contributed by atoms with van der Waals surface area (Å²) in [5.74, 6) is 1.59. The largest absolute Gasteiger partial charge is 0.381 e. The van der Waals surface area contributed by atoms with Crippen molar-refractivity contribution in [3.05, 3.63) is 24.0 Å². The molecule has 0 spiro atoms. The minimum Gasteiger partial charge on any atom is -0.381 e. The fourth-order valence-electron chi connectivity index (χ4n) is 3.24. The lowest BCUT2D eigenvalue weighted by Crippen LogP contribution is -2.35. The number of urea groups is 1. The van der Waals surface area contributed by atoms with Crippen LogP contribution in [0.1, 0.15) is 32.5 Å². The lowest BCUT2D eigenvalue weighted by Gasteiger charge is -2.22. The monoisotopic (exact) mass is 330 g/mol. The fourth-order valence-corrected chi connectivity index (χ4v) is 3.24. The number of nitrogens with one attached hydrogen (secondary N) is 2. The van der Waals surface area contributed by atoms with Crippen LogP contribution in [0.3, 0.4) is 0 Å². The predicted octanol–water partition coefficient (Wildman–Crippen LogP) is 3.17. The molecular formula is C18H26N4O2. The summed E-state index contributed by atoms with van der Waals surface area (Å²) in [6.45, 7) is 7.42. The minimum atomic E-state index is -0.161. The zero-order valence-electron chi connectivity index (χ0n) is 14.5. The van der Waals surface area contributed by atoms with Gasteiger partial charge in [-0.3, -0.25) is 0 Å². The van der Waals surface area contributed by atoms with Crippen LogP contribution in [0, 0.1) is 5.92 Å². The van der Waals surface area contributed by atoms with Gasteiger partial charge in [-0.25, -0.2) is 9.78 Å². The van der Waals surface area contributed by atoms with Crippen molar-refractivity contribution in [2.24, 2.45) is 5.92 Å². The quantitative estimate of drug-likeness (QED) is 0.885. The third kappa shape index (κ3) is 3.70. The molecule has 24 heavy (non-hydrogen) atoms. The van der Waals surface area contributed by atoms with E-state index in [4.69, 9.17) is 4.74 Å². The number of carbonyl (C=O) groups is 1. The van der Waals surface area contributed by atoms with Gasteiger partial charge in [0.15, 0.2) is 0 Å². The van der Waals surface area contributed by atoms with Gasteiger partial charge in [-0.1, -0.05) is 6.92 Å². The SMILES string of the molecule is CCc1nc2cc(NC(=O)NCC3CCOCC3)ccc2n1CC. The van der Waals surface area contributed by atoms with Gasteiger partial charge in [-0.2, -0.15) is 0 Å². The van der Waals surface area contributed by atoms with Crippen LogP contribution in [0.15, 0.2) is 18.2 Å².